The first-order chi connectivity index (χ1) is 8.11. The lowest BCUT2D eigenvalue weighted by atomic mass is 9.83. The summed E-state index contributed by atoms with van der Waals surface area (Å²) in [5.41, 5.74) is 0.593. The van der Waals surface area contributed by atoms with Crippen molar-refractivity contribution < 1.29 is 18.9 Å². The molecule has 6 fully saturated rings. The first-order valence-electron chi connectivity index (χ1n) is 6.47. The molecule has 1 saturated carbocycles. The molecule has 0 aromatic heterocycles. The van der Waals surface area contributed by atoms with Crippen LogP contribution in [0.25, 0.3) is 0 Å². The van der Waals surface area contributed by atoms with E-state index < -0.39 is 11.6 Å². The summed E-state index contributed by atoms with van der Waals surface area (Å²) in [6.45, 7) is 4.18. The zero-order valence-corrected chi connectivity index (χ0v) is 10.5. The van der Waals surface area contributed by atoms with Gasteiger partial charge in [0.25, 0.3) is 0 Å². The Bertz CT molecular complexity index is 420. The molecule has 5 saturated heterocycles. The van der Waals surface area contributed by atoms with Gasteiger partial charge in [-0.1, -0.05) is 11.8 Å². The second kappa shape index (κ2) is 2.20. The van der Waals surface area contributed by atoms with Gasteiger partial charge in [-0.15, -0.1) is 0 Å². The highest BCUT2D eigenvalue weighted by Crippen LogP contribution is 2.78. The molecular weight excluding hydrogens is 240 g/mol. The van der Waals surface area contributed by atoms with E-state index in [9.17, 15) is 0 Å². The normalized spacial score (nSPS) is 80.8. The summed E-state index contributed by atoms with van der Waals surface area (Å²) in [4.78, 5) is 0. The van der Waals surface area contributed by atoms with Crippen LogP contribution < -0.4 is 0 Å². The van der Waals surface area contributed by atoms with Crippen molar-refractivity contribution in [2.75, 3.05) is 0 Å². The Morgan fingerprint density at radius 1 is 0.882 bits per heavy atom. The SMILES string of the molecule is CC12OC3OC4SC5OC(C)(O1)C1C5C4C3C12. The van der Waals surface area contributed by atoms with Gasteiger partial charge in [0.1, 0.15) is 10.9 Å². The van der Waals surface area contributed by atoms with E-state index in [0.717, 1.165) is 0 Å². The highest BCUT2D eigenvalue weighted by molar-refractivity contribution is 8.00. The minimum absolute atomic E-state index is 0.0244. The largest absolute Gasteiger partial charge is 0.338 e. The standard InChI is InChI=1S/C12H14O4S/c1-11-6-4-3-5-7(6)12(2,16-11)15-10(5)17-9(3)13-8(4)14-11/h3-10H,1-2H3. The third-order valence-corrected chi connectivity index (χ3v) is 7.27. The summed E-state index contributed by atoms with van der Waals surface area (Å²) >= 11 is 1.85. The summed E-state index contributed by atoms with van der Waals surface area (Å²) in [5, 5.41) is 0. The highest BCUT2D eigenvalue weighted by atomic mass is 32.2. The second-order valence-electron chi connectivity index (χ2n) is 6.53. The molecule has 6 rings (SSSR count). The van der Waals surface area contributed by atoms with Crippen LogP contribution in [0.1, 0.15) is 13.8 Å². The van der Waals surface area contributed by atoms with E-state index in [1.807, 2.05) is 11.8 Å². The lowest BCUT2D eigenvalue weighted by Crippen LogP contribution is -2.38. The molecule has 0 spiro atoms. The van der Waals surface area contributed by atoms with Crippen molar-refractivity contribution in [3.05, 3.63) is 0 Å². The van der Waals surface area contributed by atoms with Gasteiger partial charge < -0.3 is 18.9 Å². The lowest BCUT2D eigenvalue weighted by molar-refractivity contribution is -0.327. The zero-order valence-electron chi connectivity index (χ0n) is 9.66. The summed E-state index contributed by atoms with van der Waals surface area (Å²) in [5.74, 6) is 1.91. The van der Waals surface area contributed by atoms with Gasteiger partial charge in [0.2, 0.25) is 0 Å². The van der Waals surface area contributed by atoms with Crippen LogP contribution in [-0.2, 0) is 18.9 Å². The molecule has 0 N–H and O–H groups in total. The monoisotopic (exact) mass is 254 g/mol. The van der Waals surface area contributed by atoms with Gasteiger partial charge in [0.15, 0.2) is 17.9 Å². The van der Waals surface area contributed by atoms with Gasteiger partial charge in [-0.3, -0.25) is 0 Å². The van der Waals surface area contributed by atoms with Crippen LogP contribution in [0, 0.1) is 29.6 Å². The van der Waals surface area contributed by atoms with Crippen molar-refractivity contribution in [3.63, 3.8) is 0 Å². The van der Waals surface area contributed by atoms with Crippen LogP contribution in [0.15, 0.2) is 0 Å². The third-order valence-electron chi connectivity index (χ3n) is 5.90. The van der Waals surface area contributed by atoms with E-state index >= 15 is 0 Å². The molecule has 92 valence electrons. The van der Waals surface area contributed by atoms with Crippen LogP contribution in [-0.4, -0.2) is 28.7 Å². The summed E-state index contributed by atoms with van der Waals surface area (Å²) in [6.07, 6.45) is -0.0244. The maximum atomic E-state index is 6.20. The third kappa shape index (κ3) is 0.701. The Hall–Kier alpha value is 0.190. The Kier molecular flexibility index (Phi) is 1.19. The Balaban J connectivity index is 1.66. The molecule has 5 aliphatic heterocycles. The maximum absolute atomic E-state index is 6.20. The predicted molar refractivity (Wildman–Crippen MR) is 57.6 cm³/mol. The molecule has 0 bridgehead atoms. The molecule has 5 heterocycles. The first-order valence-corrected chi connectivity index (χ1v) is 7.42. The Morgan fingerprint density at radius 2 is 1.65 bits per heavy atom. The minimum atomic E-state index is -0.473. The minimum Gasteiger partial charge on any atom is -0.338 e. The van der Waals surface area contributed by atoms with Crippen LogP contribution in [0.5, 0.6) is 0 Å². The van der Waals surface area contributed by atoms with Crippen molar-refractivity contribution in [2.45, 2.75) is 42.6 Å². The van der Waals surface area contributed by atoms with E-state index in [1.54, 1.807) is 0 Å². The molecule has 4 nitrogen and oxygen atoms in total. The summed E-state index contributed by atoms with van der Waals surface area (Å²) < 4.78 is 24.5. The van der Waals surface area contributed by atoms with E-state index in [0.29, 0.717) is 35.0 Å². The molecule has 5 heteroatoms. The fourth-order valence-electron chi connectivity index (χ4n) is 5.71. The number of rotatable bonds is 0. The second-order valence-corrected chi connectivity index (χ2v) is 7.73. The van der Waals surface area contributed by atoms with Gasteiger partial charge in [-0.25, -0.2) is 0 Å². The fourth-order valence-corrected chi connectivity index (χ4v) is 7.47. The molecule has 0 aromatic carbocycles. The molecule has 6 aliphatic rings. The van der Waals surface area contributed by atoms with Gasteiger partial charge in [-0.2, -0.15) is 0 Å². The van der Waals surface area contributed by atoms with Crippen molar-refractivity contribution in [1.82, 2.24) is 0 Å². The molecule has 0 aromatic rings. The topological polar surface area (TPSA) is 36.9 Å². The van der Waals surface area contributed by atoms with E-state index in [1.165, 1.54) is 0 Å². The van der Waals surface area contributed by atoms with Crippen molar-refractivity contribution in [3.8, 4) is 0 Å². The van der Waals surface area contributed by atoms with Gasteiger partial charge in [-0.05, 0) is 13.8 Å². The molecule has 0 amide bonds. The molecule has 10 unspecified atom stereocenters. The van der Waals surface area contributed by atoms with Gasteiger partial charge >= 0.3 is 0 Å². The van der Waals surface area contributed by atoms with Crippen molar-refractivity contribution in [2.24, 2.45) is 29.6 Å². The highest BCUT2D eigenvalue weighted by Gasteiger charge is 2.84. The van der Waals surface area contributed by atoms with Crippen molar-refractivity contribution in [1.29, 1.82) is 0 Å². The lowest BCUT2D eigenvalue weighted by Gasteiger charge is -2.31. The molecule has 10 atom stereocenters. The van der Waals surface area contributed by atoms with Gasteiger partial charge in [0, 0.05) is 29.6 Å². The van der Waals surface area contributed by atoms with E-state index in [2.05, 4.69) is 13.8 Å². The van der Waals surface area contributed by atoms with Crippen molar-refractivity contribution >= 4 is 11.8 Å². The molecule has 1 aliphatic carbocycles. The van der Waals surface area contributed by atoms with E-state index in [-0.39, 0.29) is 11.7 Å². The molecular formula is C12H14O4S. The fraction of sp³-hybridized carbons (Fsp3) is 1.00. The maximum Gasteiger partial charge on any atom is 0.175 e. The smallest absolute Gasteiger partial charge is 0.175 e. The van der Waals surface area contributed by atoms with E-state index in [4.69, 9.17) is 18.9 Å². The number of ether oxygens (including phenoxy) is 4. The van der Waals surface area contributed by atoms with Gasteiger partial charge in [0.05, 0.1) is 0 Å². The van der Waals surface area contributed by atoms with Crippen LogP contribution in [0.2, 0.25) is 0 Å². The number of thioether (sulfide) groups is 1. The number of hydrogen-bond acceptors (Lipinski definition) is 5. The predicted octanol–water partition coefficient (Wildman–Crippen LogP) is 1.36. The summed E-state index contributed by atoms with van der Waals surface area (Å²) in [7, 11) is 0. The average molecular weight is 254 g/mol. The quantitative estimate of drug-likeness (QED) is 0.652. The summed E-state index contributed by atoms with van der Waals surface area (Å²) in [6, 6.07) is 0. The van der Waals surface area contributed by atoms with Crippen LogP contribution in [0.3, 0.4) is 0 Å². The average Bonchev–Trinajstić information content (AvgIpc) is 2.90. The number of hydrogen-bond donors (Lipinski definition) is 0. The Labute approximate surface area is 103 Å². The van der Waals surface area contributed by atoms with Crippen LogP contribution in [0.4, 0.5) is 0 Å². The molecule has 17 heavy (non-hydrogen) atoms. The molecule has 0 radical (unpaired) electrons. The Morgan fingerprint density at radius 3 is 2.53 bits per heavy atom. The zero-order chi connectivity index (χ0) is 11.2. The first kappa shape index (κ1) is 9.15. The van der Waals surface area contributed by atoms with Crippen LogP contribution >= 0.6 is 11.8 Å².